The molecule has 0 radical (unpaired) electrons. The summed E-state index contributed by atoms with van der Waals surface area (Å²) in [5.41, 5.74) is 5.40. The number of carbonyl (C=O) groups is 1. The highest BCUT2D eigenvalue weighted by Crippen LogP contribution is 2.36. The van der Waals surface area contributed by atoms with Gasteiger partial charge in [0.05, 0.1) is 5.69 Å². The summed E-state index contributed by atoms with van der Waals surface area (Å²) in [4.78, 5) is 23.2. The number of nitrogens with zero attached hydrogens (tertiary/aromatic N) is 5. The number of benzene rings is 1. The lowest BCUT2D eigenvalue weighted by molar-refractivity contribution is 0.104. The number of aromatic nitrogens is 2. The molecule has 1 aromatic carbocycles. The van der Waals surface area contributed by atoms with Gasteiger partial charge >= 0.3 is 0 Å². The summed E-state index contributed by atoms with van der Waals surface area (Å²) in [7, 11) is 0. The number of hydrogen-bond acceptors (Lipinski definition) is 6. The van der Waals surface area contributed by atoms with E-state index in [0.29, 0.717) is 5.69 Å². The van der Waals surface area contributed by atoms with Crippen LogP contribution < -0.4 is 4.90 Å². The normalized spacial score (nSPS) is 15.0. The molecule has 0 aliphatic carbocycles. The van der Waals surface area contributed by atoms with E-state index in [1.165, 1.54) is 22.9 Å². The standard InChI is InChI=1S/C22H19N5O/c1-14-21(26-19(13-24)18(12-23)25-14)20(28)7-6-15-10-16-4-2-8-27-9-3-5-17(11-15)22(16)27/h6-7,10-11H,2-5,8-9H2,1H3/b7-6+. The van der Waals surface area contributed by atoms with Crippen LogP contribution in [0.4, 0.5) is 5.69 Å². The Morgan fingerprint density at radius 1 is 1.07 bits per heavy atom. The van der Waals surface area contributed by atoms with Gasteiger partial charge in [-0.1, -0.05) is 6.08 Å². The minimum atomic E-state index is -0.320. The predicted octanol–water partition coefficient (Wildman–Crippen LogP) is 3.12. The van der Waals surface area contributed by atoms with Gasteiger partial charge in [-0.15, -0.1) is 0 Å². The number of allylic oxidation sites excluding steroid dienone is 1. The molecule has 0 saturated heterocycles. The molecule has 1 aromatic heterocycles. The number of carbonyl (C=O) groups excluding carboxylic acids is 1. The van der Waals surface area contributed by atoms with Crippen molar-refractivity contribution in [2.45, 2.75) is 32.6 Å². The third-order valence-corrected chi connectivity index (χ3v) is 5.30. The molecule has 2 aliphatic rings. The molecule has 6 heteroatoms. The Balaban J connectivity index is 1.65. The highest BCUT2D eigenvalue weighted by atomic mass is 16.1. The molecule has 4 rings (SSSR count). The van der Waals surface area contributed by atoms with E-state index in [0.717, 1.165) is 44.3 Å². The molecule has 2 aromatic rings. The molecule has 28 heavy (non-hydrogen) atoms. The van der Waals surface area contributed by atoms with E-state index < -0.39 is 0 Å². The zero-order valence-corrected chi connectivity index (χ0v) is 15.7. The summed E-state index contributed by atoms with van der Waals surface area (Å²) in [6, 6.07) is 7.99. The van der Waals surface area contributed by atoms with Crippen LogP contribution in [0.2, 0.25) is 0 Å². The topological polar surface area (TPSA) is 93.7 Å². The molecule has 0 atom stereocenters. The fraction of sp³-hybridized carbons (Fsp3) is 0.318. The van der Waals surface area contributed by atoms with Gasteiger partial charge in [0.2, 0.25) is 5.78 Å². The predicted molar refractivity (Wildman–Crippen MR) is 105 cm³/mol. The van der Waals surface area contributed by atoms with Crippen LogP contribution in [0, 0.1) is 29.6 Å². The molecule has 138 valence electrons. The quantitative estimate of drug-likeness (QED) is 0.609. The van der Waals surface area contributed by atoms with Crippen LogP contribution in [-0.2, 0) is 12.8 Å². The highest BCUT2D eigenvalue weighted by molar-refractivity contribution is 6.06. The minimum absolute atomic E-state index is 0.0566. The lowest BCUT2D eigenvalue weighted by Crippen LogP contribution is -2.34. The Kier molecular flexibility index (Phi) is 4.63. The van der Waals surface area contributed by atoms with Crippen molar-refractivity contribution in [1.29, 1.82) is 10.5 Å². The Morgan fingerprint density at radius 2 is 1.68 bits per heavy atom. The van der Waals surface area contributed by atoms with Crippen molar-refractivity contribution < 1.29 is 4.79 Å². The number of anilines is 1. The van der Waals surface area contributed by atoms with Gasteiger partial charge in [-0.25, -0.2) is 9.97 Å². The molecule has 0 bridgehead atoms. The summed E-state index contributed by atoms with van der Waals surface area (Å²) < 4.78 is 0. The fourth-order valence-electron chi connectivity index (χ4n) is 4.09. The van der Waals surface area contributed by atoms with Crippen LogP contribution in [0.1, 0.15) is 57.1 Å². The zero-order chi connectivity index (χ0) is 19.7. The van der Waals surface area contributed by atoms with Gasteiger partial charge < -0.3 is 4.90 Å². The summed E-state index contributed by atoms with van der Waals surface area (Å²) in [5.74, 6) is -0.320. The Bertz CT molecular complexity index is 1060. The van der Waals surface area contributed by atoms with Crippen molar-refractivity contribution in [3.63, 3.8) is 0 Å². The Labute approximate surface area is 163 Å². The molecular weight excluding hydrogens is 350 g/mol. The fourth-order valence-corrected chi connectivity index (χ4v) is 4.09. The van der Waals surface area contributed by atoms with Gasteiger partial charge in [0.1, 0.15) is 17.8 Å². The maximum atomic E-state index is 12.6. The molecule has 2 aliphatic heterocycles. The van der Waals surface area contributed by atoms with Gasteiger partial charge in [0, 0.05) is 18.8 Å². The second-order valence-electron chi connectivity index (χ2n) is 7.16. The van der Waals surface area contributed by atoms with Gasteiger partial charge in [-0.2, -0.15) is 10.5 Å². The first kappa shape index (κ1) is 17.9. The van der Waals surface area contributed by atoms with Crippen molar-refractivity contribution in [2.75, 3.05) is 18.0 Å². The summed E-state index contributed by atoms with van der Waals surface area (Å²) in [5, 5.41) is 18.1. The number of ketones is 1. The van der Waals surface area contributed by atoms with Crippen molar-refractivity contribution in [3.05, 3.63) is 57.7 Å². The molecule has 0 saturated carbocycles. The first-order valence-electron chi connectivity index (χ1n) is 9.42. The van der Waals surface area contributed by atoms with Crippen LogP contribution in [0.15, 0.2) is 18.2 Å². The maximum absolute atomic E-state index is 12.6. The van der Waals surface area contributed by atoms with Crippen LogP contribution in [0.5, 0.6) is 0 Å². The Morgan fingerprint density at radius 3 is 2.29 bits per heavy atom. The van der Waals surface area contributed by atoms with Crippen LogP contribution >= 0.6 is 0 Å². The SMILES string of the molecule is Cc1nc(C#N)c(C#N)nc1C(=O)/C=C/c1cc2c3c(c1)CCCN3CCC2. The molecule has 6 nitrogen and oxygen atoms in total. The smallest absolute Gasteiger partial charge is 0.206 e. The van der Waals surface area contributed by atoms with Crippen molar-refractivity contribution in [3.8, 4) is 12.1 Å². The van der Waals surface area contributed by atoms with E-state index in [1.807, 2.05) is 12.1 Å². The summed E-state index contributed by atoms with van der Waals surface area (Å²) in [6.07, 6.45) is 7.74. The molecule has 0 N–H and O–H groups in total. The van der Waals surface area contributed by atoms with Gasteiger partial charge in [-0.05, 0) is 67.5 Å². The third kappa shape index (κ3) is 3.14. The van der Waals surface area contributed by atoms with E-state index >= 15 is 0 Å². The van der Waals surface area contributed by atoms with Gasteiger partial charge in [0.25, 0.3) is 0 Å². The van der Waals surface area contributed by atoms with Crippen molar-refractivity contribution in [1.82, 2.24) is 9.97 Å². The third-order valence-electron chi connectivity index (χ3n) is 5.30. The van der Waals surface area contributed by atoms with Crippen molar-refractivity contribution >= 4 is 17.5 Å². The first-order chi connectivity index (χ1) is 13.6. The van der Waals surface area contributed by atoms with E-state index in [4.69, 9.17) is 10.5 Å². The lowest BCUT2D eigenvalue weighted by atomic mass is 9.90. The maximum Gasteiger partial charge on any atom is 0.206 e. The zero-order valence-electron chi connectivity index (χ0n) is 15.7. The largest absolute Gasteiger partial charge is 0.371 e. The van der Waals surface area contributed by atoms with E-state index in [9.17, 15) is 4.79 Å². The number of nitriles is 2. The molecule has 3 heterocycles. The number of hydrogen-bond donors (Lipinski definition) is 0. The van der Waals surface area contributed by atoms with Crippen LogP contribution in [-0.4, -0.2) is 28.8 Å². The molecular formula is C22H19N5O. The molecule has 0 spiro atoms. The number of rotatable bonds is 3. The molecule has 0 fully saturated rings. The molecule has 0 unspecified atom stereocenters. The minimum Gasteiger partial charge on any atom is -0.371 e. The van der Waals surface area contributed by atoms with Gasteiger partial charge in [0.15, 0.2) is 11.4 Å². The summed E-state index contributed by atoms with van der Waals surface area (Å²) in [6.45, 7) is 3.88. The average molecular weight is 369 g/mol. The first-order valence-corrected chi connectivity index (χ1v) is 9.42. The van der Waals surface area contributed by atoms with Crippen LogP contribution in [0.25, 0.3) is 6.08 Å². The van der Waals surface area contributed by atoms with Gasteiger partial charge in [-0.3, -0.25) is 4.79 Å². The van der Waals surface area contributed by atoms with Crippen LogP contribution in [0.3, 0.4) is 0 Å². The Hall–Kier alpha value is -3.51. The second kappa shape index (κ2) is 7.25. The average Bonchev–Trinajstić information content (AvgIpc) is 2.72. The highest BCUT2D eigenvalue weighted by Gasteiger charge is 2.24. The summed E-state index contributed by atoms with van der Waals surface area (Å²) >= 11 is 0. The van der Waals surface area contributed by atoms with E-state index in [2.05, 4.69) is 27.0 Å². The lowest BCUT2D eigenvalue weighted by Gasteiger charge is -2.37. The second-order valence-corrected chi connectivity index (χ2v) is 7.16. The van der Waals surface area contributed by atoms with E-state index in [-0.39, 0.29) is 22.9 Å². The molecule has 0 amide bonds. The van der Waals surface area contributed by atoms with Crippen molar-refractivity contribution in [2.24, 2.45) is 0 Å². The number of aryl methyl sites for hydroxylation is 3. The monoisotopic (exact) mass is 369 g/mol. The van der Waals surface area contributed by atoms with E-state index in [1.54, 1.807) is 13.0 Å².